The van der Waals surface area contributed by atoms with Crippen LogP contribution in [0.15, 0.2) is 18.2 Å². The summed E-state index contributed by atoms with van der Waals surface area (Å²) >= 11 is 0. The highest BCUT2D eigenvalue weighted by Gasteiger charge is 2.19. The second-order valence-corrected chi connectivity index (χ2v) is 5.63. The summed E-state index contributed by atoms with van der Waals surface area (Å²) in [6.07, 6.45) is 4.55. The Labute approximate surface area is 114 Å². The van der Waals surface area contributed by atoms with E-state index >= 15 is 0 Å². The summed E-state index contributed by atoms with van der Waals surface area (Å²) in [7, 11) is 4.20. The van der Waals surface area contributed by atoms with Crippen molar-refractivity contribution in [1.82, 2.24) is 10.4 Å². The van der Waals surface area contributed by atoms with Gasteiger partial charge in [0.15, 0.2) is 0 Å². The maximum absolute atomic E-state index is 11.4. The molecule has 0 radical (unpaired) electrons. The van der Waals surface area contributed by atoms with E-state index in [1.165, 1.54) is 24.0 Å². The normalized spacial score (nSPS) is 18.2. The van der Waals surface area contributed by atoms with Gasteiger partial charge in [0.25, 0.3) is 5.91 Å². The highest BCUT2D eigenvalue weighted by Crippen LogP contribution is 2.28. The van der Waals surface area contributed by atoms with Gasteiger partial charge in [-0.2, -0.15) is 0 Å². The lowest BCUT2D eigenvalue weighted by molar-refractivity contribution is 0.0706. The zero-order valence-corrected chi connectivity index (χ0v) is 11.6. The average Bonchev–Trinajstić information content (AvgIpc) is 2.43. The minimum Gasteiger partial charge on any atom is -0.309 e. The molecular weight excluding hydrogens is 240 g/mol. The predicted molar refractivity (Wildman–Crippen MR) is 74.4 cm³/mol. The minimum atomic E-state index is -0.432. The van der Waals surface area contributed by atoms with E-state index in [0.717, 1.165) is 19.4 Å². The molecule has 0 saturated carbocycles. The van der Waals surface area contributed by atoms with Crippen molar-refractivity contribution in [3.63, 3.8) is 0 Å². The van der Waals surface area contributed by atoms with E-state index in [2.05, 4.69) is 19.0 Å². The van der Waals surface area contributed by atoms with Gasteiger partial charge in [0.05, 0.1) is 0 Å². The minimum absolute atomic E-state index is 0.432. The van der Waals surface area contributed by atoms with Gasteiger partial charge in [0.2, 0.25) is 0 Å². The van der Waals surface area contributed by atoms with E-state index in [-0.39, 0.29) is 0 Å². The number of carbonyl (C=O) groups excluding carboxylic acids is 1. The number of hydroxylamine groups is 1. The highest BCUT2D eigenvalue weighted by molar-refractivity contribution is 5.93. The number of hydrogen-bond acceptors (Lipinski definition) is 3. The largest absolute Gasteiger partial charge is 0.309 e. The molecule has 1 aliphatic carbocycles. The molecule has 1 atom stereocenters. The first-order valence-corrected chi connectivity index (χ1v) is 6.81. The van der Waals surface area contributed by atoms with E-state index < -0.39 is 5.91 Å². The van der Waals surface area contributed by atoms with Crippen LogP contribution in [0, 0.1) is 5.92 Å². The zero-order chi connectivity index (χ0) is 13.8. The van der Waals surface area contributed by atoms with Gasteiger partial charge in [-0.3, -0.25) is 10.0 Å². The van der Waals surface area contributed by atoms with Crippen LogP contribution in [0.5, 0.6) is 0 Å². The van der Waals surface area contributed by atoms with Crippen molar-refractivity contribution in [3.8, 4) is 0 Å². The second kappa shape index (κ2) is 6.17. The molecule has 4 nitrogen and oxygen atoms in total. The Morgan fingerprint density at radius 3 is 2.89 bits per heavy atom. The van der Waals surface area contributed by atoms with E-state index in [9.17, 15) is 4.79 Å². The molecule has 1 aromatic carbocycles. The number of aryl methyl sites for hydroxylation is 1. The Hall–Kier alpha value is -1.39. The fourth-order valence-corrected chi connectivity index (χ4v) is 2.73. The van der Waals surface area contributed by atoms with Crippen molar-refractivity contribution in [2.75, 3.05) is 20.6 Å². The topological polar surface area (TPSA) is 52.6 Å². The van der Waals surface area contributed by atoms with Crippen molar-refractivity contribution in [2.24, 2.45) is 5.92 Å². The van der Waals surface area contributed by atoms with Crippen LogP contribution in [0.3, 0.4) is 0 Å². The molecule has 1 amide bonds. The lowest BCUT2D eigenvalue weighted by Crippen LogP contribution is -2.22. The van der Waals surface area contributed by atoms with E-state index in [4.69, 9.17) is 5.21 Å². The standard InChI is InChI=1S/C15H22N2O2/c1-17(2)8-7-11-3-4-12-5-6-13(15(18)16-19)10-14(12)9-11/h5-6,10-11,19H,3-4,7-9H2,1-2H3,(H,16,18)/t11-/m1/s1. The molecule has 0 bridgehead atoms. The fourth-order valence-electron chi connectivity index (χ4n) is 2.73. The van der Waals surface area contributed by atoms with Gasteiger partial charge in [0.1, 0.15) is 0 Å². The van der Waals surface area contributed by atoms with Crippen LogP contribution < -0.4 is 5.48 Å². The van der Waals surface area contributed by atoms with Crippen molar-refractivity contribution in [3.05, 3.63) is 34.9 Å². The predicted octanol–water partition coefficient (Wildman–Crippen LogP) is 1.86. The summed E-state index contributed by atoms with van der Waals surface area (Å²) in [6.45, 7) is 1.11. The van der Waals surface area contributed by atoms with Crippen molar-refractivity contribution >= 4 is 5.91 Å². The first-order valence-electron chi connectivity index (χ1n) is 6.81. The van der Waals surface area contributed by atoms with Crippen LogP contribution in [0.25, 0.3) is 0 Å². The fraction of sp³-hybridized carbons (Fsp3) is 0.533. The third kappa shape index (κ3) is 3.55. The lowest BCUT2D eigenvalue weighted by atomic mass is 9.81. The number of nitrogens with zero attached hydrogens (tertiary/aromatic N) is 1. The summed E-state index contributed by atoms with van der Waals surface area (Å²) in [6, 6.07) is 5.72. The summed E-state index contributed by atoms with van der Waals surface area (Å²) < 4.78 is 0. The average molecular weight is 262 g/mol. The summed E-state index contributed by atoms with van der Waals surface area (Å²) in [5.74, 6) is 0.264. The number of benzene rings is 1. The first-order chi connectivity index (χ1) is 9.10. The Bertz CT molecular complexity index is 457. The number of amides is 1. The molecule has 104 valence electrons. The molecule has 1 aliphatic rings. The number of carbonyl (C=O) groups is 1. The number of fused-ring (bicyclic) bond motifs is 1. The molecule has 0 unspecified atom stereocenters. The SMILES string of the molecule is CN(C)CC[C@H]1CCc2ccc(C(=O)NO)cc2C1. The van der Waals surface area contributed by atoms with Crippen LogP contribution in [-0.2, 0) is 12.8 Å². The van der Waals surface area contributed by atoms with Crippen LogP contribution in [0.2, 0.25) is 0 Å². The molecule has 2 N–H and O–H groups in total. The highest BCUT2D eigenvalue weighted by atomic mass is 16.5. The van der Waals surface area contributed by atoms with E-state index in [0.29, 0.717) is 11.5 Å². The number of nitrogens with one attached hydrogen (secondary N) is 1. The first kappa shape index (κ1) is 14.0. The Morgan fingerprint density at radius 1 is 1.42 bits per heavy atom. The summed E-state index contributed by atoms with van der Waals surface area (Å²) in [5.41, 5.74) is 4.83. The van der Waals surface area contributed by atoms with Gasteiger partial charge < -0.3 is 4.90 Å². The molecule has 0 aliphatic heterocycles. The Balaban J connectivity index is 2.07. The molecule has 0 fully saturated rings. The van der Waals surface area contributed by atoms with Gasteiger partial charge in [0, 0.05) is 5.56 Å². The van der Waals surface area contributed by atoms with Gasteiger partial charge in [-0.25, -0.2) is 5.48 Å². The molecule has 0 aromatic heterocycles. The molecule has 4 heteroatoms. The van der Waals surface area contributed by atoms with Crippen molar-refractivity contribution < 1.29 is 10.0 Å². The number of rotatable bonds is 4. The molecule has 0 spiro atoms. The molecule has 0 heterocycles. The summed E-state index contributed by atoms with van der Waals surface area (Å²) in [4.78, 5) is 13.6. The molecule has 0 saturated heterocycles. The van der Waals surface area contributed by atoms with Gasteiger partial charge >= 0.3 is 0 Å². The maximum Gasteiger partial charge on any atom is 0.274 e. The van der Waals surface area contributed by atoms with Gasteiger partial charge in [-0.1, -0.05) is 6.07 Å². The maximum atomic E-state index is 11.4. The quantitative estimate of drug-likeness (QED) is 0.643. The molecular formula is C15H22N2O2. The van der Waals surface area contributed by atoms with E-state index in [1.54, 1.807) is 11.5 Å². The van der Waals surface area contributed by atoms with Gasteiger partial charge in [-0.15, -0.1) is 0 Å². The smallest absolute Gasteiger partial charge is 0.274 e. The third-order valence-electron chi connectivity index (χ3n) is 3.89. The van der Waals surface area contributed by atoms with E-state index in [1.807, 2.05) is 12.1 Å². The zero-order valence-electron chi connectivity index (χ0n) is 11.6. The second-order valence-electron chi connectivity index (χ2n) is 5.63. The van der Waals surface area contributed by atoms with Crippen LogP contribution in [-0.4, -0.2) is 36.7 Å². The number of hydrogen-bond donors (Lipinski definition) is 2. The molecule has 1 aromatic rings. The molecule has 2 rings (SSSR count). The van der Waals surface area contributed by atoms with Gasteiger partial charge in [-0.05, 0) is 75.5 Å². The monoisotopic (exact) mass is 262 g/mol. The van der Waals surface area contributed by atoms with Crippen LogP contribution in [0.4, 0.5) is 0 Å². The third-order valence-corrected chi connectivity index (χ3v) is 3.89. The lowest BCUT2D eigenvalue weighted by Gasteiger charge is -2.26. The van der Waals surface area contributed by atoms with Crippen molar-refractivity contribution in [1.29, 1.82) is 0 Å². The van der Waals surface area contributed by atoms with Crippen molar-refractivity contribution in [2.45, 2.75) is 25.7 Å². The van der Waals surface area contributed by atoms with Crippen LogP contribution in [0.1, 0.15) is 34.3 Å². The molecule has 19 heavy (non-hydrogen) atoms. The Kier molecular flexibility index (Phi) is 4.56. The summed E-state index contributed by atoms with van der Waals surface area (Å²) in [5, 5.41) is 8.68. The van der Waals surface area contributed by atoms with Crippen LogP contribution >= 0.6 is 0 Å². The Morgan fingerprint density at radius 2 is 2.21 bits per heavy atom.